The molecule has 0 atom stereocenters. The van der Waals surface area contributed by atoms with Crippen LogP contribution in [0.25, 0.3) is 0 Å². The average Bonchev–Trinajstić information content (AvgIpc) is 2.44. The molecule has 0 unspecified atom stereocenters. The fraction of sp³-hybridized carbons (Fsp3) is 0.333. The zero-order valence-corrected chi connectivity index (χ0v) is 13.8. The summed E-state index contributed by atoms with van der Waals surface area (Å²) in [6, 6.07) is 9.90. The molecule has 1 aromatic carbocycles. The predicted octanol–water partition coefficient (Wildman–Crippen LogP) is 4.43. The van der Waals surface area contributed by atoms with Gasteiger partial charge in [0.15, 0.2) is 0 Å². The summed E-state index contributed by atoms with van der Waals surface area (Å²) in [5, 5.41) is 6.12. The molecule has 0 saturated carbocycles. The fourth-order valence-electron chi connectivity index (χ4n) is 1.83. The SMILES string of the molecule is Cc1ccc(Nc2ccc(NC(=O)C(C)(C)C)cn2)cc1C. The van der Waals surface area contributed by atoms with Crippen LogP contribution in [0.1, 0.15) is 31.9 Å². The molecule has 0 saturated heterocycles. The molecule has 0 aliphatic carbocycles. The van der Waals surface area contributed by atoms with Crippen molar-refractivity contribution in [3.8, 4) is 0 Å². The first kappa shape index (κ1) is 16.0. The van der Waals surface area contributed by atoms with E-state index in [0.29, 0.717) is 5.69 Å². The molecule has 0 aliphatic rings. The van der Waals surface area contributed by atoms with Gasteiger partial charge in [0.05, 0.1) is 11.9 Å². The number of amides is 1. The molecule has 2 rings (SSSR count). The van der Waals surface area contributed by atoms with Crippen LogP contribution in [0, 0.1) is 19.3 Å². The van der Waals surface area contributed by atoms with E-state index in [9.17, 15) is 4.79 Å². The summed E-state index contributed by atoms with van der Waals surface area (Å²) in [6.45, 7) is 9.81. The number of aryl methyl sites for hydroxylation is 2. The number of benzene rings is 1. The van der Waals surface area contributed by atoms with Gasteiger partial charge in [-0.15, -0.1) is 0 Å². The lowest BCUT2D eigenvalue weighted by Crippen LogP contribution is -2.27. The molecule has 0 aliphatic heterocycles. The van der Waals surface area contributed by atoms with Crippen molar-refractivity contribution < 1.29 is 4.79 Å². The van der Waals surface area contributed by atoms with Crippen molar-refractivity contribution in [1.29, 1.82) is 0 Å². The number of pyridine rings is 1. The number of carbonyl (C=O) groups is 1. The Morgan fingerprint density at radius 1 is 1.00 bits per heavy atom. The molecule has 2 aromatic rings. The van der Waals surface area contributed by atoms with Gasteiger partial charge in [-0.05, 0) is 49.2 Å². The minimum Gasteiger partial charge on any atom is -0.340 e. The lowest BCUT2D eigenvalue weighted by Gasteiger charge is -2.17. The van der Waals surface area contributed by atoms with Crippen molar-refractivity contribution in [2.24, 2.45) is 5.41 Å². The summed E-state index contributed by atoms with van der Waals surface area (Å²) in [7, 11) is 0. The Hall–Kier alpha value is -2.36. The molecule has 22 heavy (non-hydrogen) atoms. The summed E-state index contributed by atoms with van der Waals surface area (Å²) in [5.74, 6) is 0.723. The van der Waals surface area contributed by atoms with E-state index in [1.165, 1.54) is 11.1 Å². The summed E-state index contributed by atoms with van der Waals surface area (Å²) in [6.07, 6.45) is 1.66. The third-order valence-electron chi connectivity index (χ3n) is 3.48. The van der Waals surface area contributed by atoms with Crippen LogP contribution >= 0.6 is 0 Å². The number of aromatic nitrogens is 1. The largest absolute Gasteiger partial charge is 0.340 e. The minimum atomic E-state index is -0.420. The topological polar surface area (TPSA) is 54.0 Å². The van der Waals surface area contributed by atoms with Gasteiger partial charge in [-0.1, -0.05) is 26.8 Å². The monoisotopic (exact) mass is 297 g/mol. The first-order valence-electron chi connectivity index (χ1n) is 7.37. The average molecular weight is 297 g/mol. The fourth-order valence-corrected chi connectivity index (χ4v) is 1.83. The van der Waals surface area contributed by atoms with Gasteiger partial charge in [0.1, 0.15) is 5.82 Å². The molecule has 0 radical (unpaired) electrons. The standard InChI is InChI=1S/C18H23N3O/c1-12-6-7-14(10-13(12)2)20-16-9-8-15(11-19-16)21-17(22)18(3,4)5/h6-11H,1-5H3,(H,19,20)(H,21,22). The number of carbonyl (C=O) groups excluding carboxylic acids is 1. The van der Waals surface area contributed by atoms with Crippen LogP contribution in [0.15, 0.2) is 36.5 Å². The van der Waals surface area contributed by atoms with E-state index in [4.69, 9.17) is 0 Å². The molecule has 0 spiro atoms. The molecule has 2 N–H and O–H groups in total. The number of hydrogen-bond donors (Lipinski definition) is 2. The van der Waals surface area contributed by atoms with Gasteiger partial charge in [-0.25, -0.2) is 4.98 Å². The second-order valence-corrected chi connectivity index (χ2v) is 6.56. The van der Waals surface area contributed by atoms with Crippen LogP contribution < -0.4 is 10.6 Å². The normalized spacial score (nSPS) is 11.1. The minimum absolute atomic E-state index is 0.0239. The zero-order chi connectivity index (χ0) is 16.3. The Morgan fingerprint density at radius 3 is 2.23 bits per heavy atom. The van der Waals surface area contributed by atoms with E-state index in [0.717, 1.165) is 11.5 Å². The maximum Gasteiger partial charge on any atom is 0.229 e. The van der Waals surface area contributed by atoms with Crippen LogP contribution in [0.2, 0.25) is 0 Å². The highest BCUT2D eigenvalue weighted by atomic mass is 16.2. The second-order valence-electron chi connectivity index (χ2n) is 6.56. The molecule has 1 amide bonds. The molecule has 4 heteroatoms. The third-order valence-corrected chi connectivity index (χ3v) is 3.48. The quantitative estimate of drug-likeness (QED) is 0.881. The second kappa shape index (κ2) is 6.18. The van der Waals surface area contributed by atoms with Crippen LogP contribution in [0.4, 0.5) is 17.2 Å². The predicted molar refractivity (Wildman–Crippen MR) is 91.5 cm³/mol. The van der Waals surface area contributed by atoms with Crippen LogP contribution in [0.5, 0.6) is 0 Å². The Morgan fingerprint density at radius 2 is 1.68 bits per heavy atom. The van der Waals surface area contributed by atoms with E-state index in [1.807, 2.05) is 39.0 Å². The Labute approximate surface area is 132 Å². The van der Waals surface area contributed by atoms with Crippen molar-refractivity contribution in [3.63, 3.8) is 0 Å². The molecule has 0 bridgehead atoms. The zero-order valence-electron chi connectivity index (χ0n) is 13.8. The van der Waals surface area contributed by atoms with Gasteiger partial charge < -0.3 is 10.6 Å². The van der Waals surface area contributed by atoms with Gasteiger partial charge in [-0.2, -0.15) is 0 Å². The lowest BCUT2D eigenvalue weighted by molar-refractivity contribution is -0.123. The van der Waals surface area contributed by atoms with Crippen molar-refractivity contribution >= 4 is 23.1 Å². The number of nitrogens with zero attached hydrogens (tertiary/aromatic N) is 1. The van der Waals surface area contributed by atoms with Crippen molar-refractivity contribution in [2.75, 3.05) is 10.6 Å². The van der Waals surface area contributed by atoms with Crippen LogP contribution in [-0.2, 0) is 4.79 Å². The molecule has 116 valence electrons. The number of anilines is 3. The van der Waals surface area contributed by atoms with Gasteiger partial charge in [-0.3, -0.25) is 4.79 Å². The smallest absolute Gasteiger partial charge is 0.229 e. The van der Waals surface area contributed by atoms with Gasteiger partial charge >= 0.3 is 0 Å². The van der Waals surface area contributed by atoms with E-state index in [2.05, 4.69) is 41.6 Å². The molecule has 1 aromatic heterocycles. The molecular formula is C18H23N3O. The van der Waals surface area contributed by atoms with E-state index in [-0.39, 0.29) is 5.91 Å². The van der Waals surface area contributed by atoms with Crippen LogP contribution in [0.3, 0.4) is 0 Å². The Bertz CT molecular complexity index is 670. The molecular weight excluding hydrogens is 274 g/mol. The summed E-state index contributed by atoms with van der Waals surface area (Å²) in [5.41, 5.74) is 3.78. The Kier molecular flexibility index (Phi) is 4.50. The Balaban J connectivity index is 2.06. The van der Waals surface area contributed by atoms with Crippen molar-refractivity contribution in [1.82, 2.24) is 4.98 Å². The van der Waals surface area contributed by atoms with E-state index < -0.39 is 5.41 Å². The molecule has 0 fully saturated rings. The lowest BCUT2D eigenvalue weighted by atomic mass is 9.96. The van der Waals surface area contributed by atoms with Crippen molar-refractivity contribution in [3.05, 3.63) is 47.7 Å². The molecule has 1 heterocycles. The first-order valence-corrected chi connectivity index (χ1v) is 7.37. The number of rotatable bonds is 3. The summed E-state index contributed by atoms with van der Waals surface area (Å²) in [4.78, 5) is 16.3. The summed E-state index contributed by atoms with van der Waals surface area (Å²) < 4.78 is 0. The van der Waals surface area contributed by atoms with Crippen molar-refractivity contribution in [2.45, 2.75) is 34.6 Å². The highest BCUT2D eigenvalue weighted by Gasteiger charge is 2.21. The highest BCUT2D eigenvalue weighted by Crippen LogP contribution is 2.20. The number of hydrogen-bond acceptors (Lipinski definition) is 3. The molecule has 4 nitrogen and oxygen atoms in total. The van der Waals surface area contributed by atoms with E-state index in [1.54, 1.807) is 6.20 Å². The van der Waals surface area contributed by atoms with E-state index >= 15 is 0 Å². The summed E-state index contributed by atoms with van der Waals surface area (Å²) >= 11 is 0. The van der Waals surface area contributed by atoms with Gasteiger partial charge in [0.25, 0.3) is 0 Å². The maximum absolute atomic E-state index is 11.9. The third kappa shape index (κ3) is 4.07. The van der Waals surface area contributed by atoms with Gasteiger partial charge in [0.2, 0.25) is 5.91 Å². The maximum atomic E-state index is 11.9. The van der Waals surface area contributed by atoms with Gasteiger partial charge in [0, 0.05) is 11.1 Å². The van der Waals surface area contributed by atoms with Crippen LogP contribution in [-0.4, -0.2) is 10.9 Å². The highest BCUT2D eigenvalue weighted by molar-refractivity contribution is 5.94. The first-order chi connectivity index (χ1) is 10.3. The number of nitrogens with one attached hydrogen (secondary N) is 2.